The van der Waals surface area contributed by atoms with Gasteiger partial charge in [0.15, 0.2) is 22.9 Å². The third kappa shape index (κ3) is 3.52. The van der Waals surface area contributed by atoms with E-state index in [2.05, 4.69) is 15.3 Å². The molecule has 7 nitrogen and oxygen atoms in total. The first-order chi connectivity index (χ1) is 13.7. The number of pyridine rings is 1. The second-order valence-corrected chi connectivity index (χ2v) is 6.95. The van der Waals surface area contributed by atoms with Crippen molar-refractivity contribution in [2.24, 2.45) is 4.99 Å². The van der Waals surface area contributed by atoms with E-state index in [1.165, 1.54) is 6.42 Å². The number of nitrogens with zero attached hydrogens (tertiary/aromatic N) is 2. The molecule has 7 heteroatoms. The van der Waals surface area contributed by atoms with Gasteiger partial charge in [-0.3, -0.25) is 0 Å². The minimum absolute atomic E-state index is 0.0422. The number of aromatic nitrogens is 1. The Bertz CT molecular complexity index is 939. The molecule has 1 fully saturated rings. The number of furan rings is 1. The Kier molecular flexibility index (Phi) is 5.14. The van der Waals surface area contributed by atoms with Gasteiger partial charge in [-0.15, -0.1) is 0 Å². The number of hydrogen-bond donors (Lipinski definition) is 2. The van der Waals surface area contributed by atoms with Gasteiger partial charge in [0.2, 0.25) is 5.88 Å². The van der Waals surface area contributed by atoms with E-state index in [4.69, 9.17) is 9.15 Å². The zero-order valence-electron chi connectivity index (χ0n) is 15.8. The van der Waals surface area contributed by atoms with Gasteiger partial charge in [-0.1, -0.05) is 19.3 Å². The third-order valence-corrected chi connectivity index (χ3v) is 5.04. The third-order valence-electron chi connectivity index (χ3n) is 5.04. The lowest BCUT2D eigenvalue weighted by molar-refractivity contribution is 0.0524. The van der Waals surface area contributed by atoms with Crippen LogP contribution in [0.25, 0.3) is 11.6 Å². The Balaban J connectivity index is 1.70. The van der Waals surface area contributed by atoms with Gasteiger partial charge < -0.3 is 19.6 Å². The summed E-state index contributed by atoms with van der Waals surface area (Å²) in [5, 5.41) is 14.0. The van der Waals surface area contributed by atoms with Crippen molar-refractivity contribution in [3.8, 4) is 5.75 Å². The molecule has 0 saturated heterocycles. The van der Waals surface area contributed by atoms with Crippen LogP contribution in [0.15, 0.2) is 27.7 Å². The standard InChI is InChI=1S/C21H23N3O4/c1-2-27-21(26)17-18(25)16(28-20(17)24-14-7-4-3-5-8-14)11-13-12-23-19-15(13)9-6-10-22-19/h6,9-12,14,24-25H,2-5,7-8H2,1H3/b13-11+. The number of rotatable bonds is 5. The molecule has 0 amide bonds. The fraction of sp³-hybridized carbons (Fsp3) is 0.381. The number of carbonyl (C=O) groups excluding carboxylic acids is 1. The summed E-state index contributed by atoms with van der Waals surface area (Å²) >= 11 is 0. The van der Waals surface area contributed by atoms with Crippen LogP contribution in [0, 0.1) is 0 Å². The molecule has 0 bridgehead atoms. The van der Waals surface area contributed by atoms with E-state index in [0.29, 0.717) is 5.82 Å². The Morgan fingerprint density at radius 2 is 2.21 bits per heavy atom. The number of aliphatic imine (C=N–C) groups is 1. The maximum atomic E-state index is 12.4. The molecule has 0 atom stereocenters. The van der Waals surface area contributed by atoms with E-state index >= 15 is 0 Å². The van der Waals surface area contributed by atoms with Crippen molar-refractivity contribution >= 4 is 35.5 Å². The molecular formula is C21H23N3O4. The first-order valence-corrected chi connectivity index (χ1v) is 9.68. The summed E-state index contributed by atoms with van der Waals surface area (Å²) in [7, 11) is 0. The molecule has 1 aliphatic carbocycles. The molecule has 0 unspecified atom stereocenters. The van der Waals surface area contributed by atoms with Crippen molar-refractivity contribution in [3.05, 3.63) is 35.2 Å². The van der Waals surface area contributed by atoms with Crippen LogP contribution in [0.5, 0.6) is 5.75 Å². The molecule has 2 aromatic heterocycles. The molecule has 2 aliphatic rings. The Morgan fingerprint density at radius 1 is 1.39 bits per heavy atom. The molecule has 1 aliphatic heterocycles. The number of hydrogen-bond acceptors (Lipinski definition) is 7. The fourth-order valence-corrected chi connectivity index (χ4v) is 3.65. The molecule has 4 rings (SSSR count). The highest BCUT2D eigenvalue weighted by atomic mass is 16.5. The quantitative estimate of drug-likeness (QED) is 0.737. The molecule has 1 saturated carbocycles. The molecule has 2 N–H and O–H groups in total. The van der Waals surface area contributed by atoms with Crippen LogP contribution in [0.3, 0.4) is 0 Å². The van der Waals surface area contributed by atoms with Crippen LogP contribution in [-0.4, -0.2) is 34.9 Å². The average molecular weight is 381 g/mol. The minimum atomic E-state index is -0.603. The highest BCUT2D eigenvalue weighted by Crippen LogP contribution is 2.39. The molecule has 28 heavy (non-hydrogen) atoms. The second-order valence-electron chi connectivity index (χ2n) is 6.95. The Morgan fingerprint density at radius 3 is 3.00 bits per heavy atom. The van der Waals surface area contributed by atoms with E-state index < -0.39 is 5.97 Å². The Labute approximate surface area is 163 Å². The van der Waals surface area contributed by atoms with Gasteiger partial charge >= 0.3 is 5.97 Å². The lowest BCUT2D eigenvalue weighted by Crippen LogP contribution is -2.23. The topological polar surface area (TPSA) is 97.0 Å². The highest BCUT2D eigenvalue weighted by molar-refractivity contribution is 6.21. The van der Waals surface area contributed by atoms with Gasteiger partial charge in [0.05, 0.1) is 6.61 Å². The summed E-state index contributed by atoms with van der Waals surface area (Å²) in [5.41, 5.74) is 1.64. The number of allylic oxidation sites excluding steroid dienone is 1. The first-order valence-electron chi connectivity index (χ1n) is 9.68. The van der Waals surface area contributed by atoms with Crippen molar-refractivity contribution in [2.75, 3.05) is 11.9 Å². The molecule has 146 valence electrons. The molecule has 2 aromatic rings. The lowest BCUT2D eigenvalue weighted by Gasteiger charge is -2.22. The fourth-order valence-electron chi connectivity index (χ4n) is 3.65. The van der Waals surface area contributed by atoms with Crippen LogP contribution in [0.4, 0.5) is 11.7 Å². The van der Waals surface area contributed by atoms with E-state index in [9.17, 15) is 9.90 Å². The van der Waals surface area contributed by atoms with Crippen molar-refractivity contribution in [3.63, 3.8) is 0 Å². The number of ether oxygens (including phenoxy) is 1. The Hall–Kier alpha value is -3.09. The van der Waals surface area contributed by atoms with Gasteiger partial charge in [-0.05, 0) is 38.0 Å². The summed E-state index contributed by atoms with van der Waals surface area (Å²) < 4.78 is 11.0. The van der Waals surface area contributed by atoms with Crippen LogP contribution in [0.2, 0.25) is 0 Å². The number of aromatic hydroxyl groups is 1. The minimum Gasteiger partial charge on any atom is -0.504 e. The SMILES string of the molecule is CCOC(=O)c1c(NC2CCCCC2)oc(/C=C2\C=Nc3ncccc32)c1O. The van der Waals surface area contributed by atoms with Gasteiger partial charge in [0, 0.05) is 29.6 Å². The van der Waals surface area contributed by atoms with Crippen molar-refractivity contribution < 1.29 is 19.1 Å². The van der Waals surface area contributed by atoms with Crippen LogP contribution in [0.1, 0.15) is 60.7 Å². The summed E-state index contributed by atoms with van der Waals surface area (Å²) in [4.78, 5) is 20.9. The predicted octanol–water partition coefficient (Wildman–Crippen LogP) is 4.56. The van der Waals surface area contributed by atoms with Gasteiger partial charge in [0.25, 0.3) is 0 Å². The average Bonchev–Trinajstić information content (AvgIpc) is 3.24. The molecule has 0 radical (unpaired) electrons. The smallest absolute Gasteiger partial charge is 0.347 e. The summed E-state index contributed by atoms with van der Waals surface area (Å²) in [6, 6.07) is 3.93. The van der Waals surface area contributed by atoms with E-state index in [1.54, 1.807) is 25.4 Å². The number of esters is 1. The van der Waals surface area contributed by atoms with Crippen molar-refractivity contribution in [2.45, 2.75) is 45.1 Å². The number of nitrogens with one attached hydrogen (secondary N) is 1. The largest absolute Gasteiger partial charge is 0.504 e. The number of carbonyl (C=O) groups is 1. The molecule has 3 heterocycles. The summed E-state index contributed by atoms with van der Waals surface area (Å²) in [6.45, 7) is 1.94. The van der Waals surface area contributed by atoms with Gasteiger partial charge in [-0.2, -0.15) is 0 Å². The second kappa shape index (κ2) is 7.88. The monoisotopic (exact) mass is 381 g/mol. The summed E-state index contributed by atoms with van der Waals surface area (Å²) in [5.74, 6) is 0.241. The van der Waals surface area contributed by atoms with E-state index in [1.807, 2.05) is 12.1 Å². The maximum Gasteiger partial charge on any atom is 0.347 e. The zero-order chi connectivity index (χ0) is 19.5. The first kappa shape index (κ1) is 18.3. The number of anilines is 1. The molecule has 0 spiro atoms. The van der Waals surface area contributed by atoms with E-state index in [0.717, 1.165) is 36.8 Å². The van der Waals surface area contributed by atoms with Gasteiger partial charge in [-0.25, -0.2) is 14.8 Å². The lowest BCUT2D eigenvalue weighted by atomic mass is 9.95. The van der Waals surface area contributed by atoms with Crippen LogP contribution >= 0.6 is 0 Å². The van der Waals surface area contributed by atoms with E-state index in [-0.39, 0.29) is 35.6 Å². The van der Waals surface area contributed by atoms with Crippen molar-refractivity contribution in [1.82, 2.24) is 4.98 Å². The van der Waals surface area contributed by atoms with Gasteiger partial charge in [0.1, 0.15) is 0 Å². The zero-order valence-corrected chi connectivity index (χ0v) is 15.8. The maximum absolute atomic E-state index is 12.4. The predicted molar refractivity (Wildman–Crippen MR) is 107 cm³/mol. The summed E-state index contributed by atoms with van der Waals surface area (Å²) in [6.07, 6.45) is 10.5. The highest BCUT2D eigenvalue weighted by Gasteiger charge is 2.28. The van der Waals surface area contributed by atoms with Crippen LogP contribution in [-0.2, 0) is 4.74 Å². The molecular weight excluding hydrogens is 358 g/mol. The number of fused-ring (bicyclic) bond motifs is 1. The van der Waals surface area contributed by atoms with Crippen molar-refractivity contribution in [1.29, 1.82) is 0 Å². The van der Waals surface area contributed by atoms with Crippen LogP contribution < -0.4 is 5.32 Å². The normalized spacial score (nSPS) is 17.7. The molecule has 0 aromatic carbocycles.